The zero-order chi connectivity index (χ0) is 22.5. The number of nitrogens with one attached hydrogen (secondary N) is 3. The Bertz CT molecular complexity index is 1130. The summed E-state index contributed by atoms with van der Waals surface area (Å²) in [4.78, 5) is 39.2. The third-order valence-electron chi connectivity index (χ3n) is 5.66. The lowest BCUT2D eigenvalue weighted by Gasteiger charge is -2.28. The van der Waals surface area contributed by atoms with Crippen molar-refractivity contribution >= 4 is 23.1 Å². The van der Waals surface area contributed by atoms with Gasteiger partial charge in [0.05, 0.1) is 0 Å². The highest BCUT2D eigenvalue weighted by molar-refractivity contribution is 6.04. The number of nitrogens with zero attached hydrogens (tertiary/aromatic N) is 3. The number of benzene rings is 1. The highest BCUT2D eigenvalue weighted by Crippen LogP contribution is 2.22. The lowest BCUT2D eigenvalue weighted by atomic mass is 10.1. The molecule has 166 valence electrons. The van der Waals surface area contributed by atoms with Crippen molar-refractivity contribution in [3.05, 3.63) is 64.2 Å². The molecule has 0 unspecified atom stereocenters. The Morgan fingerprint density at radius 2 is 1.84 bits per heavy atom. The molecule has 1 amide bonds. The van der Waals surface area contributed by atoms with Gasteiger partial charge in [-0.05, 0) is 56.0 Å². The van der Waals surface area contributed by atoms with E-state index >= 15 is 0 Å². The van der Waals surface area contributed by atoms with Crippen molar-refractivity contribution in [1.82, 2.24) is 15.0 Å². The average molecular weight is 433 g/mol. The van der Waals surface area contributed by atoms with Gasteiger partial charge < -0.3 is 20.5 Å². The molecule has 8 nitrogen and oxygen atoms in total. The van der Waals surface area contributed by atoms with Crippen molar-refractivity contribution in [2.24, 2.45) is 0 Å². The molecular formula is C24H28N6O2. The minimum atomic E-state index is -0.382. The van der Waals surface area contributed by atoms with Crippen LogP contribution in [0.15, 0.2) is 47.4 Å². The smallest absolute Gasteiger partial charge is 0.271 e. The van der Waals surface area contributed by atoms with Crippen LogP contribution in [0.4, 0.5) is 17.2 Å². The van der Waals surface area contributed by atoms with Gasteiger partial charge in [-0.3, -0.25) is 9.59 Å². The van der Waals surface area contributed by atoms with Gasteiger partial charge in [0.1, 0.15) is 11.5 Å². The number of amides is 1. The van der Waals surface area contributed by atoms with Crippen LogP contribution >= 0.6 is 0 Å². The molecule has 1 fully saturated rings. The first-order chi connectivity index (χ1) is 15.6. The zero-order valence-corrected chi connectivity index (χ0v) is 18.4. The monoisotopic (exact) mass is 432 g/mol. The van der Waals surface area contributed by atoms with E-state index in [-0.39, 0.29) is 17.2 Å². The predicted molar refractivity (Wildman–Crippen MR) is 127 cm³/mol. The fourth-order valence-electron chi connectivity index (χ4n) is 3.81. The van der Waals surface area contributed by atoms with Crippen LogP contribution in [-0.4, -0.2) is 41.0 Å². The number of carbonyl (C=O) groups is 1. The van der Waals surface area contributed by atoms with Gasteiger partial charge in [0.15, 0.2) is 5.82 Å². The van der Waals surface area contributed by atoms with Crippen LogP contribution in [0.1, 0.15) is 42.2 Å². The van der Waals surface area contributed by atoms with Gasteiger partial charge >= 0.3 is 0 Å². The summed E-state index contributed by atoms with van der Waals surface area (Å²) in [6.45, 7) is 4.11. The number of carbonyl (C=O) groups excluding carboxylic acids is 1. The third kappa shape index (κ3) is 4.80. The van der Waals surface area contributed by atoms with Crippen LogP contribution in [0.25, 0.3) is 11.4 Å². The van der Waals surface area contributed by atoms with Crippen LogP contribution in [0, 0.1) is 0 Å². The average Bonchev–Trinajstić information content (AvgIpc) is 2.85. The molecule has 3 aromatic rings. The van der Waals surface area contributed by atoms with Gasteiger partial charge in [-0.25, -0.2) is 9.97 Å². The number of H-pyrrole nitrogens is 1. The molecule has 1 aromatic carbocycles. The Hall–Kier alpha value is -3.68. The van der Waals surface area contributed by atoms with Gasteiger partial charge in [-0.1, -0.05) is 6.92 Å². The fourth-order valence-corrected chi connectivity index (χ4v) is 3.81. The van der Waals surface area contributed by atoms with E-state index in [1.165, 1.54) is 19.3 Å². The minimum Gasteiger partial charge on any atom is -0.373 e. The molecule has 1 saturated heterocycles. The first-order valence-electron chi connectivity index (χ1n) is 11.0. The van der Waals surface area contributed by atoms with Gasteiger partial charge in [-0.15, -0.1) is 0 Å². The van der Waals surface area contributed by atoms with Gasteiger partial charge in [0, 0.05) is 54.9 Å². The maximum absolute atomic E-state index is 12.8. The molecule has 0 radical (unpaired) electrons. The van der Waals surface area contributed by atoms with Crippen molar-refractivity contribution in [2.45, 2.75) is 32.6 Å². The molecule has 0 spiro atoms. The van der Waals surface area contributed by atoms with Crippen LogP contribution < -0.4 is 21.1 Å². The Kier molecular flexibility index (Phi) is 6.49. The summed E-state index contributed by atoms with van der Waals surface area (Å²) in [5.41, 5.74) is 2.89. The SMILES string of the molecule is CCc1cc(NC)nc(-c2c[nH]c(=O)c(NC(=O)c3ccc(N4CCCCC4)cc3)c2)n1. The maximum atomic E-state index is 12.8. The van der Waals surface area contributed by atoms with Gasteiger partial charge in [-0.2, -0.15) is 0 Å². The molecule has 0 atom stereocenters. The summed E-state index contributed by atoms with van der Waals surface area (Å²) in [5.74, 6) is 0.834. The summed E-state index contributed by atoms with van der Waals surface area (Å²) in [6, 6.07) is 11.0. The molecule has 1 aliphatic heterocycles. The molecule has 3 N–H and O–H groups in total. The quantitative estimate of drug-likeness (QED) is 0.549. The number of aryl methyl sites for hydroxylation is 1. The molecular weight excluding hydrogens is 404 g/mol. The molecule has 32 heavy (non-hydrogen) atoms. The Morgan fingerprint density at radius 1 is 1.09 bits per heavy atom. The largest absolute Gasteiger partial charge is 0.373 e. The highest BCUT2D eigenvalue weighted by Gasteiger charge is 2.14. The number of piperidine rings is 1. The predicted octanol–water partition coefficient (Wildman–Crippen LogP) is 3.68. The van der Waals surface area contributed by atoms with Crippen LogP contribution in [0.3, 0.4) is 0 Å². The maximum Gasteiger partial charge on any atom is 0.271 e. The number of anilines is 3. The number of hydrogen-bond acceptors (Lipinski definition) is 6. The van der Waals surface area contributed by atoms with Gasteiger partial charge in [0.25, 0.3) is 11.5 Å². The number of rotatable bonds is 6. The fraction of sp³-hybridized carbons (Fsp3) is 0.333. The summed E-state index contributed by atoms with van der Waals surface area (Å²) < 4.78 is 0. The molecule has 1 aliphatic rings. The van der Waals surface area contributed by atoms with E-state index in [0.29, 0.717) is 22.8 Å². The molecule has 3 heterocycles. The molecule has 2 aromatic heterocycles. The number of aromatic nitrogens is 3. The third-order valence-corrected chi connectivity index (χ3v) is 5.66. The van der Waals surface area contributed by atoms with Crippen molar-refractivity contribution in [2.75, 3.05) is 35.7 Å². The van der Waals surface area contributed by atoms with Crippen LogP contribution in [-0.2, 0) is 6.42 Å². The number of aromatic amines is 1. The second-order valence-electron chi connectivity index (χ2n) is 7.85. The Balaban J connectivity index is 1.54. The molecule has 8 heteroatoms. The van der Waals surface area contributed by atoms with E-state index in [2.05, 4.69) is 30.5 Å². The van der Waals surface area contributed by atoms with Crippen molar-refractivity contribution in [3.8, 4) is 11.4 Å². The molecule has 0 bridgehead atoms. The van der Waals surface area contributed by atoms with Crippen molar-refractivity contribution in [3.63, 3.8) is 0 Å². The van der Waals surface area contributed by atoms with Gasteiger partial charge in [0.2, 0.25) is 0 Å². The molecule has 0 aliphatic carbocycles. The normalized spacial score (nSPS) is 13.6. The van der Waals surface area contributed by atoms with Crippen molar-refractivity contribution in [1.29, 1.82) is 0 Å². The summed E-state index contributed by atoms with van der Waals surface area (Å²) >= 11 is 0. The zero-order valence-electron chi connectivity index (χ0n) is 18.4. The second-order valence-corrected chi connectivity index (χ2v) is 7.85. The number of pyridine rings is 1. The second kappa shape index (κ2) is 9.64. The van der Waals surface area contributed by atoms with E-state index in [9.17, 15) is 9.59 Å². The molecule has 0 saturated carbocycles. The van der Waals surface area contributed by atoms with E-state index in [0.717, 1.165) is 30.9 Å². The number of hydrogen-bond donors (Lipinski definition) is 3. The van der Waals surface area contributed by atoms with E-state index < -0.39 is 0 Å². The first-order valence-corrected chi connectivity index (χ1v) is 11.0. The lowest BCUT2D eigenvalue weighted by Crippen LogP contribution is -2.29. The highest BCUT2D eigenvalue weighted by atomic mass is 16.2. The van der Waals surface area contributed by atoms with Crippen LogP contribution in [0.5, 0.6) is 0 Å². The van der Waals surface area contributed by atoms with E-state index in [1.54, 1.807) is 31.4 Å². The summed E-state index contributed by atoms with van der Waals surface area (Å²) in [7, 11) is 1.79. The standard InChI is InChI=1S/C24H28N6O2/c1-3-18-14-21(25-2)29-22(27-18)17-13-20(24(32)26-15-17)28-23(31)16-7-9-19(10-8-16)30-11-5-4-6-12-30/h7-10,13-15H,3-6,11-12H2,1-2H3,(H,26,32)(H,28,31)(H,25,27,29). The topological polar surface area (TPSA) is 103 Å². The Labute approximate surface area is 187 Å². The molecule has 4 rings (SSSR count). The summed E-state index contributed by atoms with van der Waals surface area (Å²) in [5, 5.41) is 5.75. The van der Waals surface area contributed by atoms with E-state index in [1.807, 2.05) is 25.1 Å². The van der Waals surface area contributed by atoms with E-state index in [4.69, 9.17) is 0 Å². The summed E-state index contributed by atoms with van der Waals surface area (Å²) in [6.07, 6.45) is 5.98. The Morgan fingerprint density at radius 3 is 2.53 bits per heavy atom. The van der Waals surface area contributed by atoms with Crippen molar-refractivity contribution < 1.29 is 4.79 Å². The lowest BCUT2D eigenvalue weighted by molar-refractivity contribution is 0.102. The minimum absolute atomic E-state index is 0.157. The first kappa shape index (κ1) is 21.5. The van der Waals surface area contributed by atoms with Crippen LogP contribution in [0.2, 0.25) is 0 Å².